The van der Waals surface area contributed by atoms with Crippen LogP contribution < -0.4 is 11.1 Å². The Morgan fingerprint density at radius 2 is 2.22 bits per heavy atom. The summed E-state index contributed by atoms with van der Waals surface area (Å²) in [6.45, 7) is 1.94. The molecule has 4 nitrogen and oxygen atoms in total. The second-order valence-electron chi connectivity index (χ2n) is 3.80. The molecule has 0 radical (unpaired) electrons. The maximum atomic E-state index is 12.1. The van der Waals surface area contributed by atoms with Gasteiger partial charge in [-0.25, -0.2) is 0 Å². The number of anilines is 2. The zero-order chi connectivity index (χ0) is 13.1. The lowest BCUT2D eigenvalue weighted by Gasteiger charge is -2.07. The number of hydrogen-bond acceptors (Lipinski definition) is 3. The maximum Gasteiger partial charge on any atom is 0.259 e. The van der Waals surface area contributed by atoms with Crippen molar-refractivity contribution in [2.24, 2.45) is 0 Å². The molecular weight excluding hydrogens is 296 g/mol. The van der Waals surface area contributed by atoms with Gasteiger partial charge < -0.3 is 15.5 Å². The molecule has 0 unspecified atom stereocenters. The van der Waals surface area contributed by atoms with Gasteiger partial charge in [-0.1, -0.05) is 6.92 Å². The largest absolute Gasteiger partial charge is 0.469 e. The fourth-order valence-corrected chi connectivity index (χ4v) is 2.13. The van der Waals surface area contributed by atoms with Crippen LogP contribution in [0.4, 0.5) is 11.4 Å². The molecule has 18 heavy (non-hydrogen) atoms. The number of carbonyl (C=O) groups excluding carboxylic acids is 1. The summed E-state index contributed by atoms with van der Waals surface area (Å²) in [7, 11) is 0. The Labute approximate surface area is 113 Å². The number of furan rings is 1. The van der Waals surface area contributed by atoms with Crippen LogP contribution >= 0.6 is 15.9 Å². The summed E-state index contributed by atoms with van der Waals surface area (Å²) in [5.74, 6) is 0.491. The Balaban J connectivity index is 2.21. The molecule has 0 saturated heterocycles. The van der Waals surface area contributed by atoms with Crippen molar-refractivity contribution in [2.75, 3.05) is 11.1 Å². The standard InChI is InChI=1S/C13H13BrN2O2/c1-2-12-9(5-6-18-12)13(17)16-11-4-3-8(15)7-10(11)14/h3-7H,2,15H2,1H3,(H,16,17). The number of amides is 1. The third kappa shape index (κ3) is 2.56. The van der Waals surface area contributed by atoms with Crippen LogP contribution in [-0.2, 0) is 6.42 Å². The molecule has 0 aliphatic rings. The van der Waals surface area contributed by atoms with Crippen molar-refractivity contribution in [2.45, 2.75) is 13.3 Å². The molecule has 5 heteroatoms. The highest BCUT2D eigenvalue weighted by Crippen LogP contribution is 2.25. The second-order valence-corrected chi connectivity index (χ2v) is 4.66. The van der Waals surface area contributed by atoms with Gasteiger partial charge in [0.05, 0.1) is 17.5 Å². The fourth-order valence-electron chi connectivity index (χ4n) is 1.64. The van der Waals surface area contributed by atoms with Crippen LogP contribution in [0.15, 0.2) is 39.4 Å². The molecule has 3 N–H and O–H groups in total. The number of hydrogen-bond donors (Lipinski definition) is 2. The molecule has 0 fully saturated rings. The van der Waals surface area contributed by atoms with Gasteiger partial charge in [-0.15, -0.1) is 0 Å². The van der Waals surface area contributed by atoms with Gasteiger partial charge in [0.1, 0.15) is 5.76 Å². The molecule has 0 aliphatic carbocycles. The van der Waals surface area contributed by atoms with Crippen LogP contribution in [0.25, 0.3) is 0 Å². The van der Waals surface area contributed by atoms with Crippen LogP contribution in [0.3, 0.4) is 0 Å². The van der Waals surface area contributed by atoms with Crippen LogP contribution in [0.5, 0.6) is 0 Å². The Bertz CT molecular complexity index is 578. The van der Waals surface area contributed by atoms with E-state index in [0.29, 0.717) is 29.1 Å². The number of nitrogens with two attached hydrogens (primary N) is 1. The normalized spacial score (nSPS) is 10.3. The number of aryl methyl sites for hydroxylation is 1. The molecule has 0 saturated carbocycles. The second kappa shape index (κ2) is 5.27. The van der Waals surface area contributed by atoms with Crippen LogP contribution in [0.2, 0.25) is 0 Å². The topological polar surface area (TPSA) is 68.3 Å². The first-order valence-electron chi connectivity index (χ1n) is 5.54. The van der Waals surface area contributed by atoms with Crippen molar-refractivity contribution in [3.8, 4) is 0 Å². The average Bonchev–Trinajstić information content (AvgIpc) is 2.81. The van der Waals surface area contributed by atoms with Gasteiger partial charge in [0.25, 0.3) is 5.91 Å². The number of rotatable bonds is 3. The van der Waals surface area contributed by atoms with E-state index in [4.69, 9.17) is 10.2 Å². The van der Waals surface area contributed by atoms with Crippen molar-refractivity contribution in [1.82, 2.24) is 0 Å². The van der Waals surface area contributed by atoms with Gasteiger partial charge in [-0.2, -0.15) is 0 Å². The quantitative estimate of drug-likeness (QED) is 0.853. The van der Waals surface area contributed by atoms with Crippen molar-refractivity contribution in [1.29, 1.82) is 0 Å². The minimum Gasteiger partial charge on any atom is -0.469 e. The first kappa shape index (κ1) is 12.7. The SMILES string of the molecule is CCc1occc1C(=O)Nc1ccc(N)cc1Br. The van der Waals surface area contributed by atoms with E-state index >= 15 is 0 Å². The number of benzene rings is 1. The van der Waals surface area contributed by atoms with Gasteiger partial charge in [0.2, 0.25) is 0 Å². The number of nitrogens with one attached hydrogen (secondary N) is 1. The Hall–Kier alpha value is -1.75. The Morgan fingerprint density at radius 3 is 2.89 bits per heavy atom. The van der Waals surface area contributed by atoms with E-state index in [0.717, 1.165) is 4.47 Å². The van der Waals surface area contributed by atoms with Gasteiger partial charge in [0, 0.05) is 16.6 Å². The smallest absolute Gasteiger partial charge is 0.259 e. The Morgan fingerprint density at radius 1 is 1.44 bits per heavy atom. The van der Waals surface area contributed by atoms with E-state index in [9.17, 15) is 4.79 Å². The lowest BCUT2D eigenvalue weighted by Crippen LogP contribution is -2.13. The molecule has 0 bridgehead atoms. The van der Waals surface area contributed by atoms with Gasteiger partial charge in [0.15, 0.2) is 0 Å². The molecule has 2 aromatic rings. The third-order valence-corrected chi connectivity index (χ3v) is 3.21. The van der Waals surface area contributed by atoms with Crippen molar-refractivity contribution < 1.29 is 9.21 Å². The number of carbonyl (C=O) groups is 1. The molecular formula is C13H13BrN2O2. The fraction of sp³-hybridized carbons (Fsp3) is 0.154. The lowest BCUT2D eigenvalue weighted by atomic mass is 10.2. The van der Waals surface area contributed by atoms with E-state index in [1.807, 2.05) is 6.92 Å². The summed E-state index contributed by atoms with van der Waals surface area (Å²) < 4.78 is 5.98. The predicted molar refractivity (Wildman–Crippen MR) is 74.6 cm³/mol. The zero-order valence-electron chi connectivity index (χ0n) is 9.87. The van der Waals surface area contributed by atoms with Crippen molar-refractivity contribution in [3.63, 3.8) is 0 Å². The highest BCUT2D eigenvalue weighted by atomic mass is 79.9. The average molecular weight is 309 g/mol. The maximum absolute atomic E-state index is 12.1. The van der Waals surface area contributed by atoms with Gasteiger partial charge in [-0.3, -0.25) is 4.79 Å². The number of halogens is 1. The Kier molecular flexibility index (Phi) is 3.72. The summed E-state index contributed by atoms with van der Waals surface area (Å²) >= 11 is 3.36. The summed E-state index contributed by atoms with van der Waals surface area (Å²) in [6, 6.07) is 6.89. The summed E-state index contributed by atoms with van der Waals surface area (Å²) in [5.41, 5.74) is 7.51. The summed E-state index contributed by atoms with van der Waals surface area (Å²) in [4.78, 5) is 12.1. The van der Waals surface area contributed by atoms with E-state index in [1.54, 1.807) is 24.3 Å². The van der Waals surface area contributed by atoms with Crippen LogP contribution in [0.1, 0.15) is 23.0 Å². The first-order valence-corrected chi connectivity index (χ1v) is 6.34. The molecule has 1 aromatic heterocycles. The molecule has 1 amide bonds. The molecule has 1 aromatic carbocycles. The van der Waals surface area contributed by atoms with Gasteiger partial charge >= 0.3 is 0 Å². The molecule has 1 heterocycles. The zero-order valence-corrected chi connectivity index (χ0v) is 11.5. The van der Waals surface area contributed by atoms with Gasteiger partial charge in [-0.05, 0) is 40.2 Å². The minimum atomic E-state index is -0.189. The molecule has 94 valence electrons. The summed E-state index contributed by atoms with van der Waals surface area (Å²) in [5, 5.41) is 2.81. The lowest BCUT2D eigenvalue weighted by molar-refractivity contribution is 0.102. The van der Waals surface area contributed by atoms with E-state index in [-0.39, 0.29) is 5.91 Å². The monoisotopic (exact) mass is 308 g/mol. The molecule has 0 spiro atoms. The molecule has 2 rings (SSSR count). The summed E-state index contributed by atoms with van der Waals surface area (Å²) in [6.07, 6.45) is 2.20. The van der Waals surface area contributed by atoms with E-state index < -0.39 is 0 Å². The highest BCUT2D eigenvalue weighted by Gasteiger charge is 2.14. The van der Waals surface area contributed by atoms with E-state index in [1.165, 1.54) is 6.26 Å². The predicted octanol–water partition coefficient (Wildman–Crippen LogP) is 3.44. The van der Waals surface area contributed by atoms with Crippen molar-refractivity contribution >= 4 is 33.2 Å². The van der Waals surface area contributed by atoms with Crippen molar-refractivity contribution in [3.05, 3.63) is 46.3 Å². The number of nitrogen functional groups attached to an aromatic ring is 1. The van der Waals surface area contributed by atoms with E-state index in [2.05, 4.69) is 21.2 Å². The highest BCUT2D eigenvalue weighted by molar-refractivity contribution is 9.10. The third-order valence-electron chi connectivity index (χ3n) is 2.55. The minimum absolute atomic E-state index is 0.189. The molecule has 0 aliphatic heterocycles. The molecule has 0 atom stereocenters. The first-order chi connectivity index (χ1) is 8.61. The van der Waals surface area contributed by atoms with Crippen LogP contribution in [0, 0.1) is 0 Å². The van der Waals surface area contributed by atoms with Crippen LogP contribution in [-0.4, -0.2) is 5.91 Å².